The lowest BCUT2D eigenvalue weighted by Gasteiger charge is -2.12. The molecule has 0 bridgehead atoms. The summed E-state index contributed by atoms with van der Waals surface area (Å²) in [6.45, 7) is 0.822. The van der Waals surface area contributed by atoms with Crippen LogP contribution in [0, 0.1) is 5.21 Å². The van der Waals surface area contributed by atoms with E-state index in [2.05, 4.69) is 4.90 Å². The van der Waals surface area contributed by atoms with Gasteiger partial charge in [-0.1, -0.05) is 12.1 Å². The molecule has 1 aliphatic rings. The molecule has 74 valence electrons. The van der Waals surface area contributed by atoms with Gasteiger partial charge in [0.05, 0.1) is 0 Å². The second-order valence-electron chi connectivity index (χ2n) is 3.82. The molecule has 3 heteroatoms. The fourth-order valence-electron chi connectivity index (χ4n) is 1.76. The van der Waals surface area contributed by atoms with Crippen molar-refractivity contribution in [2.24, 2.45) is 0 Å². The lowest BCUT2D eigenvalue weighted by molar-refractivity contribution is -0.710. The highest BCUT2D eigenvalue weighted by Gasteiger charge is 2.20. The lowest BCUT2D eigenvalue weighted by Crippen LogP contribution is -2.95. The Morgan fingerprint density at radius 1 is 1.29 bits per heavy atom. The fraction of sp³-hybridized carbons (Fsp3) is 0.273. The van der Waals surface area contributed by atoms with Gasteiger partial charge in [0.15, 0.2) is 0 Å². The van der Waals surface area contributed by atoms with E-state index in [1.54, 1.807) is 6.20 Å². The number of quaternary nitrogens is 1. The summed E-state index contributed by atoms with van der Waals surface area (Å²) in [5.41, 5.74) is 3.05. The van der Waals surface area contributed by atoms with Crippen LogP contribution < -0.4 is 5.06 Å². The molecule has 0 spiro atoms. The molecule has 1 aromatic carbocycles. The van der Waals surface area contributed by atoms with Crippen LogP contribution in [-0.2, 0) is 0 Å². The molecule has 0 aliphatic carbocycles. The van der Waals surface area contributed by atoms with Crippen LogP contribution in [0.1, 0.15) is 5.56 Å². The van der Waals surface area contributed by atoms with E-state index in [9.17, 15) is 5.21 Å². The maximum atomic E-state index is 11.6. The Balaban J connectivity index is 2.34. The molecule has 1 unspecified atom stereocenters. The van der Waals surface area contributed by atoms with Gasteiger partial charge in [0, 0.05) is 23.7 Å². The quantitative estimate of drug-likeness (QED) is 0.693. The third kappa shape index (κ3) is 1.57. The van der Waals surface area contributed by atoms with Crippen LogP contribution in [0.3, 0.4) is 0 Å². The highest BCUT2D eigenvalue weighted by Crippen LogP contribution is 2.24. The molecule has 1 heterocycles. The summed E-state index contributed by atoms with van der Waals surface area (Å²) in [5.74, 6) is 0. The van der Waals surface area contributed by atoms with Crippen molar-refractivity contribution in [1.82, 2.24) is 4.90 Å². The summed E-state index contributed by atoms with van der Waals surface area (Å²) in [5, 5.41) is 11.7. The standard InChI is InChI=1S/C11H14N2O/c1-12(2)7-9-8-13(14)11-6-4-3-5-10(9)11/h3-6,8,13H,7H2,1-2H3. The topological polar surface area (TPSA) is 30.7 Å². The molecule has 3 nitrogen and oxygen atoms in total. The van der Waals surface area contributed by atoms with Gasteiger partial charge in [-0.2, -0.15) is 0 Å². The van der Waals surface area contributed by atoms with Crippen LogP contribution in [0.4, 0.5) is 5.69 Å². The molecular weight excluding hydrogens is 176 g/mol. The number of benzene rings is 1. The van der Waals surface area contributed by atoms with Gasteiger partial charge in [-0.3, -0.25) is 0 Å². The number of hydrogen-bond donors (Lipinski definition) is 1. The maximum absolute atomic E-state index is 11.6. The first kappa shape index (κ1) is 9.40. The van der Waals surface area contributed by atoms with E-state index in [4.69, 9.17) is 0 Å². The molecule has 0 fully saturated rings. The number of para-hydroxylation sites is 1. The molecule has 1 aliphatic heterocycles. The zero-order chi connectivity index (χ0) is 10.1. The second kappa shape index (κ2) is 3.53. The Morgan fingerprint density at radius 3 is 2.71 bits per heavy atom. The van der Waals surface area contributed by atoms with Crippen molar-refractivity contribution in [2.45, 2.75) is 0 Å². The van der Waals surface area contributed by atoms with E-state index in [0.717, 1.165) is 23.4 Å². The highest BCUT2D eigenvalue weighted by atomic mass is 16.5. The summed E-state index contributed by atoms with van der Waals surface area (Å²) in [4.78, 5) is 2.07. The van der Waals surface area contributed by atoms with Gasteiger partial charge in [0.25, 0.3) is 0 Å². The van der Waals surface area contributed by atoms with E-state index < -0.39 is 0 Å². The predicted octanol–water partition coefficient (Wildman–Crippen LogP) is 0.617. The third-order valence-corrected chi connectivity index (χ3v) is 2.33. The normalized spacial score (nSPS) is 19.7. The molecule has 0 saturated heterocycles. The first-order chi connectivity index (χ1) is 6.68. The molecule has 0 radical (unpaired) electrons. The Morgan fingerprint density at radius 2 is 2.00 bits per heavy atom. The highest BCUT2D eigenvalue weighted by molar-refractivity contribution is 5.76. The predicted molar refractivity (Wildman–Crippen MR) is 57.0 cm³/mol. The van der Waals surface area contributed by atoms with Crippen molar-refractivity contribution in [3.63, 3.8) is 0 Å². The molecule has 1 atom stereocenters. The summed E-state index contributed by atoms with van der Waals surface area (Å²) in [6.07, 6.45) is 1.74. The smallest absolute Gasteiger partial charge is 0.143 e. The van der Waals surface area contributed by atoms with Gasteiger partial charge >= 0.3 is 0 Å². The van der Waals surface area contributed by atoms with Gasteiger partial charge in [-0.05, 0) is 20.2 Å². The Bertz CT molecular complexity index is 371. The van der Waals surface area contributed by atoms with Gasteiger partial charge < -0.3 is 15.2 Å². The summed E-state index contributed by atoms with van der Waals surface area (Å²) in [7, 11) is 4.01. The van der Waals surface area contributed by atoms with Crippen LogP contribution in [0.5, 0.6) is 0 Å². The zero-order valence-electron chi connectivity index (χ0n) is 8.45. The number of nitrogens with one attached hydrogen (secondary N) is 1. The van der Waals surface area contributed by atoms with E-state index in [0.29, 0.717) is 0 Å². The third-order valence-electron chi connectivity index (χ3n) is 2.33. The number of hydrogen-bond acceptors (Lipinski definition) is 2. The fourth-order valence-corrected chi connectivity index (χ4v) is 1.76. The summed E-state index contributed by atoms with van der Waals surface area (Å²) >= 11 is 0. The van der Waals surface area contributed by atoms with Crippen molar-refractivity contribution < 1.29 is 5.06 Å². The Kier molecular flexibility index (Phi) is 2.37. The van der Waals surface area contributed by atoms with Crippen molar-refractivity contribution in [1.29, 1.82) is 0 Å². The number of hydroxylamine groups is 1. The average molecular weight is 190 g/mol. The molecule has 0 aromatic heterocycles. The molecule has 14 heavy (non-hydrogen) atoms. The van der Waals surface area contributed by atoms with Gasteiger partial charge in [0.2, 0.25) is 0 Å². The first-order valence-corrected chi connectivity index (χ1v) is 4.67. The largest absolute Gasteiger partial charge is 0.624 e. The Hall–Kier alpha value is -1.16. The van der Waals surface area contributed by atoms with Crippen LogP contribution in [-0.4, -0.2) is 25.5 Å². The Labute approximate surface area is 83.8 Å². The minimum atomic E-state index is 0.137. The maximum Gasteiger partial charge on any atom is 0.143 e. The van der Waals surface area contributed by atoms with Crippen molar-refractivity contribution >= 4 is 11.3 Å². The van der Waals surface area contributed by atoms with E-state index in [1.165, 1.54) is 0 Å². The second-order valence-corrected chi connectivity index (χ2v) is 3.82. The summed E-state index contributed by atoms with van der Waals surface area (Å²) < 4.78 is 0. The molecule has 2 rings (SSSR count). The number of fused-ring (bicyclic) bond motifs is 1. The van der Waals surface area contributed by atoms with E-state index in [-0.39, 0.29) is 5.06 Å². The van der Waals surface area contributed by atoms with Gasteiger partial charge in [0.1, 0.15) is 11.9 Å². The number of rotatable bonds is 2. The number of nitrogens with zero attached hydrogens (tertiary/aromatic N) is 1. The lowest BCUT2D eigenvalue weighted by atomic mass is 10.1. The molecule has 1 N–H and O–H groups in total. The zero-order valence-corrected chi connectivity index (χ0v) is 8.45. The van der Waals surface area contributed by atoms with Crippen LogP contribution in [0.2, 0.25) is 0 Å². The summed E-state index contributed by atoms with van der Waals surface area (Å²) in [6, 6.07) is 7.77. The van der Waals surface area contributed by atoms with Crippen LogP contribution in [0.15, 0.2) is 30.5 Å². The molecule has 0 amide bonds. The van der Waals surface area contributed by atoms with Gasteiger partial charge in [-0.25, -0.2) is 0 Å². The monoisotopic (exact) mass is 190 g/mol. The van der Waals surface area contributed by atoms with Crippen molar-refractivity contribution in [3.8, 4) is 0 Å². The van der Waals surface area contributed by atoms with Crippen molar-refractivity contribution in [3.05, 3.63) is 41.2 Å². The number of likely N-dealkylation sites (N-methyl/N-ethyl adjacent to an activating group) is 1. The first-order valence-electron chi connectivity index (χ1n) is 4.67. The molecule has 1 aromatic rings. The average Bonchev–Trinajstić information content (AvgIpc) is 2.44. The van der Waals surface area contributed by atoms with Crippen molar-refractivity contribution in [2.75, 3.05) is 20.6 Å². The molecule has 0 saturated carbocycles. The van der Waals surface area contributed by atoms with Crippen LogP contribution >= 0.6 is 0 Å². The van der Waals surface area contributed by atoms with Crippen LogP contribution in [0.25, 0.3) is 5.57 Å². The molecular formula is C11H14N2O. The van der Waals surface area contributed by atoms with Gasteiger partial charge in [-0.15, -0.1) is 0 Å². The minimum absolute atomic E-state index is 0.137. The minimum Gasteiger partial charge on any atom is -0.624 e. The van der Waals surface area contributed by atoms with E-state index in [1.807, 2.05) is 38.4 Å². The SMILES string of the molecule is CN(C)CC1=C[NH+]([O-])c2ccccc21. The van der Waals surface area contributed by atoms with E-state index >= 15 is 0 Å².